The van der Waals surface area contributed by atoms with Gasteiger partial charge in [0.05, 0.1) is 0 Å². The number of nitrogens with one attached hydrogen (secondary N) is 1. The summed E-state index contributed by atoms with van der Waals surface area (Å²) < 4.78 is 4.54. The van der Waals surface area contributed by atoms with Crippen molar-refractivity contribution in [3.63, 3.8) is 0 Å². The molecule has 0 atom stereocenters. The van der Waals surface area contributed by atoms with Crippen LogP contribution in [0.4, 0.5) is 0 Å². The molecule has 0 aliphatic rings. The number of carbonyl (C=O) groups excluding carboxylic acids is 1. The lowest BCUT2D eigenvalue weighted by Crippen LogP contribution is -2.30. The normalized spacial score (nSPS) is 9.62. The Bertz CT molecular complexity index is 172. The van der Waals surface area contributed by atoms with Crippen LogP contribution in [0.25, 0.3) is 0 Å². The molecular formula is C7H14N2O4. The molecule has 0 aromatic rings. The van der Waals surface area contributed by atoms with Crippen LogP contribution in [0.2, 0.25) is 0 Å². The third kappa shape index (κ3) is 8.77. The van der Waals surface area contributed by atoms with Crippen molar-refractivity contribution in [3.8, 4) is 0 Å². The van der Waals surface area contributed by atoms with E-state index < -0.39 is 12.6 Å². The summed E-state index contributed by atoms with van der Waals surface area (Å²) in [7, 11) is 0. The first kappa shape index (κ1) is 11.9. The zero-order valence-electron chi connectivity index (χ0n) is 7.28. The molecule has 0 heterocycles. The smallest absolute Gasteiger partial charge is 0.329 e. The fraction of sp³-hybridized carbons (Fsp3) is 0.714. The van der Waals surface area contributed by atoms with E-state index in [1.807, 2.05) is 0 Å². The molecule has 0 aliphatic heterocycles. The molecule has 1 amide bonds. The quantitative estimate of drug-likeness (QED) is 0.426. The molecule has 0 aromatic heterocycles. The molecule has 0 aliphatic carbocycles. The average Bonchev–Trinajstić information content (AvgIpc) is 2.04. The molecule has 13 heavy (non-hydrogen) atoms. The molecule has 0 saturated carbocycles. The average molecular weight is 190 g/mol. The van der Waals surface area contributed by atoms with Crippen LogP contribution >= 0.6 is 0 Å². The number of carboxylic acid groups (broad SMARTS) is 1. The maximum atomic E-state index is 10.8. The van der Waals surface area contributed by atoms with Crippen molar-refractivity contribution in [2.75, 3.05) is 26.3 Å². The van der Waals surface area contributed by atoms with E-state index in [0.29, 0.717) is 19.5 Å². The lowest BCUT2D eigenvalue weighted by Gasteiger charge is -2.03. The lowest BCUT2D eigenvalue weighted by atomic mass is 10.4. The topological polar surface area (TPSA) is 102 Å². The van der Waals surface area contributed by atoms with E-state index in [4.69, 9.17) is 10.8 Å². The van der Waals surface area contributed by atoms with Gasteiger partial charge in [0.25, 0.3) is 0 Å². The number of aliphatic carboxylic acids is 1. The minimum atomic E-state index is -1.09. The Labute approximate surface area is 76.0 Å². The summed E-state index contributed by atoms with van der Waals surface area (Å²) in [6.45, 7) is 0.323. The SMILES string of the molecule is NCCCNC(=O)COCC(=O)O. The van der Waals surface area contributed by atoms with Crippen LogP contribution in [0.15, 0.2) is 0 Å². The largest absolute Gasteiger partial charge is 0.480 e. The maximum Gasteiger partial charge on any atom is 0.329 e. The van der Waals surface area contributed by atoms with E-state index in [2.05, 4.69) is 10.1 Å². The summed E-state index contributed by atoms with van der Waals surface area (Å²) in [5.41, 5.74) is 5.19. The minimum Gasteiger partial charge on any atom is -0.480 e. The van der Waals surface area contributed by atoms with Crippen molar-refractivity contribution in [1.29, 1.82) is 0 Å². The van der Waals surface area contributed by atoms with E-state index in [0.717, 1.165) is 0 Å². The molecule has 0 bridgehead atoms. The Kier molecular flexibility index (Phi) is 6.85. The Morgan fingerprint density at radius 1 is 1.38 bits per heavy atom. The van der Waals surface area contributed by atoms with Crippen LogP contribution in [0.5, 0.6) is 0 Å². The number of hydrogen-bond acceptors (Lipinski definition) is 4. The zero-order valence-corrected chi connectivity index (χ0v) is 7.28. The van der Waals surface area contributed by atoms with Gasteiger partial charge in [0.2, 0.25) is 5.91 Å². The van der Waals surface area contributed by atoms with Crippen molar-refractivity contribution in [2.24, 2.45) is 5.73 Å². The summed E-state index contributed by atoms with van der Waals surface area (Å²) in [6, 6.07) is 0. The molecular weight excluding hydrogens is 176 g/mol. The van der Waals surface area contributed by atoms with Crippen molar-refractivity contribution < 1.29 is 19.4 Å². The van der Waals surface area contributed by atoms with E-state index >= 15 is 0 Å². The fourth-order valence-corrected chi connectivity index (χ4v) is 0.612. The van der Waals surface area contributed by atoms with Crippen molar-refractivity contribution in [1.82, 2.24) is 5.32 Å². The summed E-state index contributed by atoms with van der Waals surface area (Å²) in [4.78, 5) is 20.8. The van der Waals surface area contributed by atoms with E-state index in [9.17, 15) is 9.59 Å². The second kappa shape index (κ2) is 7.51. The molecule has 0 aromatic carbocycles. The first-order chi connectivity index (χ1) is 6.16. The molecule has 0 unspecified atom stereocenters. The molecule has 4 N–H and O–H groups in total. The standard InChI is InChI=1S/C7H14N2O4/c8-2-1-3-9-6(10)4-13-5-7(11)12/h1-5,8H2,(H,9,10)(H,11,12). The number of ether oxygens (including phenoxy) is 1. The van der Waals surface area contributed by atoms with Crippen molar-refractivity contribution in [3.05, 3.63) is 0 Å². The highest BCUT2D eigenvalue weighted by Crippen LogP contribution is 1.76. The molecule has 0 rings (SSSR count). The number of carbonyl (C=O) groups is 2. The Hall–Kier alpha value is -1.14. The highest BCUT2D eigenvalue weighted by Gasteiger charge is 2.02. The van der Waals surface area contributed by atoms with Gasteiger partial charge in [0.1, 0.15) is 13.2 Å². The van der Waals surface area contributed by atoms with E-state index in [1.165, 1.54) is 0 Å². The van der Waals surface area contributed by atoms with Crippen LogP contribution < -0.4 is 11.1 Å². The number of nitrogens with two attached hydrogens (primary N) is 1. The number of amides is 1. The summed E-state index contributed by atoms with van der Waals surface area (Å²) in [5.74, 6) is -1.41. The van der Waals surface area contributed by atoms with Crippen molar-refractivity contribution in [2.45, 2.75) is 6.42 Å². The third-order valence-corrected chi connectivity index (χ3v) is 1.16. The first-order valence-electron chi connectivity index (χ1n) is 3.93. The van der Waals surface area contributed by atoms with Crippen molar-refractivity contribution >= 4 is 11.9 Å². The van der Waals surface area contributed by atoms with Crippen LogP contribution in [0, 0.1) is 0 Å². The predicted molar refractivity (Wildman–Crippen MR) is 45.1 cm³/mol. The predicted octanol–water partition coefficient (Wildman–Crippen LogP) is -1.45. The molecule has 76 valence electrons. The zero-order chi connectivity index (χ0) is 10.1. The molecule has 6 heteroatoms. The maximum absolute atomic E-state index is 10.8. The minimum absolute atomic E-state index is 0.225. The Morgan fingerprint density at radius 2 is 2.08 bits per heavy atom. The highest BCUT2D eigenvalue weighted by atomic mass is 16.5. The van der Waals surface area contributed by atoms with Gasteiger partial charge in [-0.05, 0) is 13.0 Å². The highest BCUT2D eigenvalue weighted by molar-refractivity contribution is 5.77. The van der Waals surface area contributed by atoms with Crippen LogP contribution in [0.3, 0.4) is 0 Å². The van der Waals surface area contributed by atoms with E-state index in [1.54, 1.807) is 0 Å². The fourth-order valence-electron chi connectivity index (χ4n) is 0.612. The lowest BCUT2D eigenvalue weighted by molar-refractivity contribution is -0.143. The summed E-state index contributed by atoms with van der Waals surface area (Å²) in [5, 5.41) is 10.7. The van der Waals surface area contributed by atoms with Gasteiger partial charge in [-0.3, -0.25) is 4.79 Å². The second-order valence-corrected chi connectivity index (χ2v) is 2.38. The van der Waals surface area contributed by atoms with E-state index in [-0.39, 0.29) is 12.5 Å². The third-order valence-electron chi connectivity index (χ3n) is 1.16. The molecule has 0 radical (unpaired) electrons. The van der Waals surface area contributed by atoms with Crippen LogP contribution in [0.1, 0.15) is 6.42 Å². The number of carboxylic acids is 1. The molecule has 0 fully saturated rings. The van der Waals surface area contributed by atoms with Gasteiger partial charge in [0.15, 0.2) is 0 Å². The van der Waals surface area contributed by atoms with Gasteiger partial charge >= 0.3 is 5.97 Å². The second-order valence-electron chi connectivity index (χ2n) is 2.38. The molecule has 0 spiro atoms. The van der Waals surface area contributed by atoms with Gasteiger partial charge in [-0.2, -0.15) is 0 Å². The number of hydrogen-bond donors (Lipinski definition) is 3. The summed E-state index contributed by atoms with van der Waals surface area (Å²) in [6.07, 6.45) is 0.699. The molecule has 6 nitrogen and oxygen atoms in total. The summed E-state index contributed by atoms with van der Waals surface area (Å²) >= 11 is 0. The van der Waals surface area contributed by atoms with Crippen LogP contribution in [-0.4, -0.2) is 43.3 Å². The van der Waals surface area contributed by atoms with Gasteiger partial charge in [-0.1, -0.05) is 0 Å². The van der Waals surface area contributed by atoms with Crippen LogP contribution in [-0.2, 0) is 14.3 Å². The monoisotopic (exact) mass is 190 g/mol. The number of rotatable bonds is 7. The Balaban J connectivity index is 3.25. The van der Waals surface area contributed by atoms with Gasteiger partial charge in [0, 0.05) is 6.54 Å². The first-order valence-corrected chi connectivity index (χ1v) is 3.93. The van der Waals surface area contributed by atoms with Gasteiger partial charge in [-0.25, -0.2) is 4.79 Å². The van der Waals surface area contributed by atoms with Gasteiger partial charge in [-0.15, -0.1) is 0 Å². The van der Waals surface area contributed by atoms with Gasteiger partial charge < -0.3 is 20.9 Å². The molecule has 0 saturated heterocycles. The Morgan fingerprint density at radius 3 is 2.62 bits per heavy atom.